The monoisotopic (exact) mass is 294 g/mol. The summed E-state index contributed by atoms with van der Waals surface area (Å²) < 4.78 is 5.24. The summed E-state index contributed by atoms with van der Waals surface area (Å²) in [5, 5.41) is 4.30. The Hall–Kier alpha value is -2.82. The predicted molar refractivity (Wildman–Crippen MR) is 89.0 cm³/mol. The number of rotatable bonds is 4. The lowest BCUT2D eigenvalue weighted by atomic mass is 10.1. The molecule has 3 rings (SSSR count). The average Bonchev–Trinajstić information content (AvgIpc) is 2.55. The zero-order chi connectivity index (χ0) is 15.5. The van der Waals surface area contributed by atoms with Gasteiger partial charge in [0.05, 0.1) is 18.3 Å². The number of anilines is 2. The van der Waals surface area contributed by atoms with E-state index in [0.717, 1.165) is 16.7 Å². The summed E-state index contributed by atoms with van der Waals surface area (Å²) >= 11 is 0. The molecule has 0 saturated heterocycles. The number of nitrogens with one attached hydrogen (secondary N) is 1. The minimum atomic E-state index is 0.127. The van der Waals surface area contributed by atoms with Gasteiger partial charge >= 0.3 is 0 Å². The zero-order valence-electron chi connectivity index (χ0n) is 12.6. The number of nitrogens with two attached hydrogens (primary N) is 1. The fraction of sp³-hybridized carbons (Fsp3) is 0.176. The number of methoxy groups -OCH3 is 1. The van der Waals surface area contributed by atoms with Crippen LogP contribution in [0.4, 0.5) is 11.5 Å². The van der Waals surface area contributed by atoms with Crippen LogP contribution in [0, 0.1) is 0 Å². The van der Waals surface area contributed by atoms with Gasteiger partial charge in [-0.05, 0) is 18.6 Å². The molecule has 0 amide bonds. The lowest BCUT2D eigenvalue weighted by molar-refractivity contribution is 0.417. The van der Waals surface area contributed by atoms with Gasteiger partial charge in [0.15, 0.2) is 0 Å². The van der Waals surface area contributed by atoms with Crippen molar-refractivity contribution in [2.45, 2.75) is 13.0 Å². The molecule has 1 heterocycles. The van der Waals surface area contributed by atoms with E-state index in [0.29, 0.717) is 11.4 Å². The van der Waals surface area contributed by atoms with Gasteiger partial charge in [0, 0.05) is 17.5 Å². The molecule has 5 nitrogen and oxygen atoms in total. The molecular weight excluding hydrogens is 276 g/mol. The molecule has 3 N–H and O–H groups in total. The van der Waals surface area contributed by atoms with Crippen LogP contribution in [-0.2, 0) is 0 Å². The van der Waals surface area contributed by atoms with E-state index in [1.165, 1.54) is 11.9 Å². The van der Waals surface area contributed by atoms with Gasteiger partial charge in [-0.2, -0.15) is 0 Å². The molecule has 0 aliphatic rings. The minimum absolute atomic E-state index is 0.127. The fourth-order valence-electron chi connectivity index (χ4n) is 2.42. The van der Waals surface area contributed by atoms with E-state index in [2.05, 4.69) is 34.3 Å². The molecule has 0 fully saturated rings. The number of hydrogen-bond acceptors (Lipinski definition) is 5. The number of fused-ring (bicyclic) bond motifs is 1. The molecule has 112 valence electrons. The van der Waals surface area contributed by atoms with E-state index in [9.17, 15) is 0 Å². The van der Waals surface area contributed by atoms with Crippen LogP contribution in [0.15, 0.2) is 48.8 Å². The third-order valence-corrected chi connectivity index (χ3v) is 3.64. The van der Waals surface area contributed by atoms with Gasteiger partial charge in [0.2, 0.25) is 0 Å². The molecule has 1 unspecified atom stereocenters. The molecule has 0 aliphatic carbocycles. The Morgan fingerprint density at radius 2 is 1.91 bits per heavy atom. The van der Waals surface area contributed by atoms with Gasteiger partial charge in [-0.3, -0.25) is 0 Å². The standard InChI is InChI=1S/C17H18N4O/c1-11(12-6-4-3-5-7-12)21-17-13-8-14(18)16(22-2)9-15(13)19-10-20-17/h3-11H,18H2,1-2H3,(H,19,20,21). The highest BCUT2D eigenvalue weighted by atomic mass is 16.5. The van der Waals surface area contributed by atoms with Crippen molar-refractivity contribution in [3.63, 3.8) is 0 Å². The first kappa shape index (κ1) is 14.1. The van der Waals surface area contributed by atoms with Gasteiger partial charge < -0.3 is 15.8 Å². The Labute approximate surface area is 129 Å². The second-order valence-corrected chi connectivity index (χ2v) is 5.11. The van der Waals surface area contributed by atoms with E-state index in [-0.39, 0.29) is 6.04 Å². The second kappa shape index (κ2) is 5.89. The van der Waals surface area contributed by atoms with Gasteiger partial charge in [0.1, 0.15) is 17.9 Å². The summed E-state index contributed by atoms with van der Waals surface area (Å²) in [6.07, 6.45) is 1.54. The number of ether oxygens (including phenoxy) is 1. The number of aromatic nitrogens is 2. The third-order valence-electron chi connectivity index (χ3n) is 3.64. The number of nitrogen functional groups attached to an aromatic ring is 1. The first-order valence-electron chi connectivity index (χ1n) is 7.08. The summed E-state index contributed by atoms with van der Waals surface area (Å²) in [5.74, 6) is 1.38. The number of hydrogen-bond donors (Lipinski definition) is 2. The molecule has 0 bridgehead atoms. The molecule has 1 aromatic heterocycles. The molecule has 0 saturated carbocycles. The van der Waals surface area contributed by atoms with E-state index in [1.807, 2.05) is 30.3 Å². The van der Waals surface area contributed by atoms with Crippen LogP contribution in [-0.4, -0.2) is 17.1 Å². The highest BCUT2D eigenvalue weighted by molar-refractivity contribution is 5.93. The van der Waals surface area contributed by atoms with Crippen LogP contribution in [0.2, 0.25) is 0 Å². The van der Waals surface area contributed by atoms with Crippen molar-refractivity contribution in [2.75, 3.05) is 18.2 Å². The Bertz CT molecular complexity index is 789. The Balaban J connectivity index is 1.99. The number of nitrogens with zero attached hydrogens (tertiary/aromatic N) is 2. The molecular formula is C17H18N4O. The molecule has 2 aromatic carbocycles. The largest absolute Gasteiger partial charge is 0.495 e. The van der Waals surface area contributed by atoms with Crippen molar-refractivity contribution in [3.8, 4) is 5.75 Å². The van der Waals surface area contributed by atoms with Crippen LogP contribution < -0.4 is 15.8 Å². The summed E-state index contributed by atoms with van der Waals surface area (Å²) in [5.41, 5.74) is 8.55. The molecule has 1 atom stereocenters. The lowest BCUT2D eigenvalue weighted by Gasteiger charge is -2.16. The van der Waals surface area contributed by atoms with Crippen molar-refractivity contribution in [1.29, 1.82) is 0 Å². The Kier molecular flexibility index (Phi) is 3.78. The molecule has 22 heavy (non-hydrogen) atoms. The van der Waals surface area contributed by atoms with Crippen LogP contribution in [0.1, 0.15) is 18.5 Å². The number of benzene rings is 2. The van der Waals surface area contributed by atoms with Crippen molar-refractivity contribution >= 4 is 22.4 Å². The molecule has 0 radical (unpaired) electrons. The van der Waals surface area contributed by atoms with E-state index < -0.39 is 0 Å². The quantitative estimate of drug-likeness (QED) is 0.721. The minimum Gasteiger partial charge on any atom is -0.495 e. The highest BCUT2D eigenvalue weighted by Crippen LogP contribution is 2.31. The van der Waals surface area contributed by atoms with Gasteiger partial charge in [-0.25, -0.2) is 9.97 Å². The maximum Gasteiger partial charge on any atom is 0.143 e. The van der Waals surface area contributed by atoms with Crippen molar-refractivity contribution in [2.24, 2.45) is 0 Å². The van der Waals surface area contributed by atoms with Gasteiger partial charge in [0.25, 0.3) is 0 Å². The fourth-order valence-corrected chi connectivity index (χ4v) is 2.42. The predicted octanol–water partition coefficient (Wildman–Crippen LogP) is 3.39. The van der Waals surface area contributed by atoms with Crippen molar-refractivity contribution in [3.05, 3.63) is 54.4 Å². The molecule has 3 aromatic rings. The van der Waals surface area contributed by atoms with Crippen LogP contribution in [0.5, 0.6) is 5.75 Å². The topological polar surface area (TPSA) is 73.1 Å². The van der Waals surface area contributed by atoms with Crippen molar-refractivity contribution < 1.29 is 4.74 Å². The van der Waals surface area contributed by atoms with Crippen LogP contribution >= 0.6 is 0 Å². The maximum atomic E-state index is 6.00. The van der Waals surface area contributed by atoms with Crippen LogP contribution in [0.25, 0.3) is 10.9 Å². The molecule has 0 spiro atoms. The summed E-state index contributed by atoms with van der Waals surface area (Å²) in [7, 11) is 1.59. The first-order chi connectivity index (χ1) is 10.7. The van der Waals surface area contributed by atoms with Crippen LogP contribution in [0.3, 0.4) is 0 Å². The van der Waals surface area contributed by atoms with E-state index in [4.69, 9.17) is 10.5 Å². The molecule has 5 heteroatoms. The lowest BCUT2D eigenvalue weighted by Crippen LogP contribution is -2.08. The Morgan fingerprint density at radius 1 is 1.14 bits per heavy atom. The van der Waals surface area contributed by atoms with Crippen molar-refractivity contribution in [1.82, 2.24) is 9.97 Å². The second-order valence-electron chi connectivity index (χ2n) is 5.11. The average molecular weight is 294 g/mol. The van der Waals surface area contributed by atoms with E-state index in [1.54, 1.807) is 7.11 Å². The van der Waals surface area contributed by atoms with Gasteiger partial charge in [-0.15, -0.1) is 0 Å². The smallest absolute Gasteiger partial charge is 0.143 e. The first-order valence-corrected chi connectivity index (χ1v) is 7.08. The molecule has 0 aliphatic heterocycles. The maximum absolute atomic E-state index is 6.00. The third kappa shape index (κ3) is 2.65. The van der Waals surface area contributed by atoms with Gasteiger partial charge in [-0.1, -0.05) is 30.3 Å². The van der Waals surface area contributed by atoms with E-state index >= 15 is 0 Å². The zero-order valence-corrected chi connectivity index (χ0v) is 12.6. The highest BCUT2D eigenvalue weighted by Gasteiger charge is 2.11. The Morgan fingerprint density at radius 3 is 2.64 bits per heavy atom. The SMILES string of the molecule is COc1cc2ncnc(NC(C)c3ccccc3)c2cc1N. The summed E-state index contributed by atoms with van der Waals surface area (Å²) in [6, 6.07) is 14.0. The summed E-state index contributed by atoms with van der Waals surface area (Å²) in [6.45, 7) is 2.09. The normalized spacial score (nSPS) is 12.1. The summed E-state index contributed by atoms with van der Waals surface area (Å²) in [4.78, 5) is 8.64.